The first-order chi connectivity index (χ1) is 12.2. The van der Waals surface area contributed by atoms with Crippen LogP contribution in [0.25, 0.3) is 16.3 Å². The molecule has 25 heavy (non-hydrogen) atoms. The molecule has 0 radical (unpaired) electrons. The van der Waals surface area contributed by atoms with E-state index in [0.29, 0.717) is 6.61 Å². The third kappa shape index (κ3) is 3.18. The van der Waals surface area contributed by atoms with Crippen molar-refractivity contribution in [3.8, 4) is 22.9 Å². The molecule has 0 amide bonds. The Hall–Kier alpha value is -2.93. The van der Waals surface area contributed by atoms with Crippen molar-refractivity contribution in [3.63, 3.8) is 0 Å². The van der Waals surface area contributed by atoms with Crippen LogP contribution in [-0.2, 0) is 6.61 Å². The first-order valence-electron chi connectivity index (χ1n) is 7.78. The van der Waals surface area contributed by atoms with Crippen molar-refractivity contribution < 1.29 is 9.47 Å². The van der Waals surface area contributed by atoms with Crippen molar-refractivity contribution in [2.45, 2.75) is 13.5 Å². The minimum Gasteiger partial charge on any atom is -0.497 e. The van der Waals surface area contributed by atoms with Gasteiger partial charge in [-0.25, -0.2) is 0 Å². The second-order valence-corrected chi connectivity index (χ2v) is 6.59. The summed E-state index contributed by atoms with van der Waals surface area (Å²) in [6, 6.07) is 15.6. The molecule has 7 heteroatoms. The summed E-state index contributed by atoms with van der Waals surface area (Å²) in [5, 5.41) is 13.9. The molecule has 0 saturated carbocycles. The predicted octanol–water partition coefficient (Wildman–Crippen LogP) is 3.75. The summed E-state index contributed by atoms with van der Waals surface area (Å²) in [6.07, 6.45) is 0. The third-order valence-electron chi connectivity index (χ3n) is 3.73. The fourth-order valence-corrected chi connectivity index (χ4v) is 3.24. The molecular weight excluding hydrogens is 336 g/mol. The van der Waals surface area contributed by atoms with E-state index in [4.69, 9.17) is 9.47 Å². The van der Waals surface area contributed by atoms with Gasteiger partial charge in [-0.3, -0.25) is 0 Å². The molecule has 4 aromatic rings. The maximum Gasteiger partial charge on any atom is 0.235 e. The molecule has 0 bridgehead atoms. The lowest BCUT2D eigenvalue weighted by Crippen LogP contribution is -1.97. The molecule has 0 saturated heterocycles. The van der Waals surface area contributed by atoms with Gasteiger partial charge < -0.3 is 9.47 Å². The van der Waals surface area contributed by atoms with Gasteiger partial charge in [0.2, 0.25) is 4.96 Å². The second-order valence-electron chi connectivity index (χ2n) is 5.55. The fraction of sp³-hybridized carbons (Fsp3) is 0.167. The highest BCUT2D eigenvalue weighted by Gasteiger charge is 2.13. The van der Waals surface area contributed by atoms with Gasteiger partial charge in [-0.15, -0.1) is 10.2 Å². The Labute approximate surface area is 148 Å². The third-order valence-corrected chi connectivity index (χ3v) is 4.60. The number of hydrogen-bond donors (Lipinski definition) is 0. The molecule has 2 heterocycles. The van der Waals surface area contributed by atoms with Crippen LogP contribution < -0.4 is 9.47 Å². The molecule has 0 atom stereocenters. The zero-order valence-electron chi connectivity index (χ0n) is 13.8. The van der Waals surface area contributed by atoms with E-state index in [9.17, 15) is 0 Å². The van der Waals surface area contributed by atoms with Crippen LogP contribution in [0.3, 0.4) is 0 Å². The van der Waals surface area contributed by atoms with Gasteiger partial charge in [0, 0.05) is 5.56 Å². The number of fused-ring (bicyclic) bond motifs is 1. The number of nitrogens with zero attached hydrogens (tertiary/aromatic N) is 4. The van der Waals surface area contributed by atoms with Gasteiger partial charge in [0.1, 0.15) is 18.1 Å². The maximum atomic E-state index is 5.79. The summed E-state index contributed by atoms with van der Waals surface area (Å²) < 4.78 is 12.7. The molecule has 0 aliphatic carbocycles. The SMILES string of the molecule is COc1ccc(OCc2nn3c(-c4cccc(C)c4)nnc3s2)cc1. The fourth-order valence-electron chi connectivity index (χ4n) is 2.50. The van der Waals surface area contributed by atoms with Crippen molar-refractivity contribution in [2.75, 3.05) is 7.11 Å². The molecule has 0 spiro atoms. The van der Waals surface area contributed by atoms with Crippen molar-refractivity contribution in [1.29, 1.82) is 0 Å². The average Bonchev–Trinajstić information content (AvgIpc) is 3.20. The van der Waals surface area contributed by atoms with Gasteiger partial charge >= 0.3 is 0 Å². The molecule has 2 aromatic carbocycles. The normalized spacial score (nSPS) is 11.0. The number of aromatic nitrogens is 4. The number of methoxy groups -OCH3 is 1. The Kier molecular flexibility index (Phi) is 4.07. The van der Waals surface area contributed by atoms with E-state index < -0.39 is 0 Å². The Bertz CT molecular complexity index is 1010. The van der Waals surface area contributed by atoms with Crippen LogP contribution in [0.1, 0.15) is 10.6 Å². The zero-order valence-corrected chi connectivity index (χ0v) is 14.7. The predicted molar refractivity (Wildman–Crippen MR) is 96.2 cm³/mol. The second kappa shape index (κ2) is 6.52. The monoisotopic (exact) mass is 352 g/mol. The smallest absolute Gasteiger partial charge is 0.235 e. The summed E-state index contributed by atoms with van der Waals surface area (Å²) in [7, 11) is 1.64. The Balaban J connectivity index is 1.55. The minimum atomic E-state index is 0.383. The largest absolute Gasteiger partial charge is 0.497 e. The molecule has 0 aliphatic heterocycles. The van der Waals surface area contributed by atoms with Gasteiger partial charge in [0.05, 0.1) is 7.11 Å². The number of ether oxygens (including phenoxy) is 2. The van der Waals surface area contributed by atoms with Crippen LogP contribution >= 0.6 is 11.3 Å². The van der Waals surface area contributed by atoms with Crippen molar-refractivity contribution in [1.82, 2.24) is 19.8 Å². The molecule has 0 aliphatic rings. The zero-order chi connectivity index (χ0) is 17.2. The number of aryl methyl sites for hydroxylation is 1. The van der Waals surface area contributed by atoms with E-state index >= 15 is 0 Å². The van der Waals surface area contributed by atoms with Crippen LogP contribution in [0.15, 0.2) is 48.5 Å². The van der Waals surface area contributed by atoms with E-state index in [-0.39, 0.29) is 0 Å². The van der Waals surface area contributed by atoms with E-state index in [1.807, 2.05) is 36.4 Å². The molecule has 0 N–H and O–H groups in total. The minimum absolute atomic E-state index is 0.383. The lowest BCUT2D eigenvalue weighted by molar-refractivity contribution is 0.303. The van der Waals surface area contributed by atoms with Gasteiger partial charge in [-0.05, 0) is 37.3 Å². The van der Waals surface area contributed by atoms with Crippen molar-refractivity contribution in [2.24, 2.45) is 0 Å². The molecule has 6 nitrogen and oxygen atoms in total. The molecular formula is C18H16N4O2S. The number of benzene rings is 2. The lowest BCUT2D eigenvalue weighted by Gasteiger charge is -2.04. The van der Waals surface area contributed by atoms with Crippen LogP contribution in [0, 0.1) is 6.92 Å². The summed E-state index contributed by atoms with van der Waals surface area (Å²) in [5.41, 5.74) is 2.17. The highest BCUT2D eigenvalue weighted by atomic mass is 32.1. The van der Waals surface area contributed by atoms with E-state index in [1.54, 1.807) is 11.6 Å². The Morgan fingerprint density at radius 2 is 1.84 bits per heavy atom. The van der Waals surface area contributed by atoms with Crippen LogP contribution in [0.2, 0.25) is 0 Å². The van der Waals surface area contributed by atoms with Gasteiger partial charge in [-0.2, -0.15) is 9.61 Å². The molecule has 4 rings (SSSR count). The van der Waals surface area contributed by atoms with Gasteiger partial charge in [0.25, 0.3) is 0 Å². The van der Waals surface area contributed by atoms with Gasteiger partial charge in [-0.1, -0.05) is 35.1 Å². The summed E-state index contributed by atoms with van der Waals surface area (Å²) in [4.78, 5) is 0.754. The number of rotatable bonds is 5. The van der Waals surface area contributed by atoms with Crippen molar-refractivity contribution >= 4 is 16.3 Å². The summed E-state index contributed by atoms with van der Waals surface area (Å²) in [6.45, 7) is 2.44. The highest BCUT2D eigenvalue weighted by molar-refractivity contribution is 7.16. The van der Waals surface area contributed by atoms with E-state index in [2.05, 4.69) is 34.4 Å². The number of hydrogen-bond acceptors (Lipinski definition) is 6. The first kappa shape index (κ1) is 15.6. The topological polar surface area (TPSA) is 61.5 Å². The molecule has 0 unspecified atom stereocenters. The lowest BCUT2D eigenvalue weighted by atomic mass is 10.1. The first-order valence-corrected chi connectivity index (χ1v) is 8.59. The van der Waals surface area contributed by atoms with E-state index in [0.717, 1.165) is 32.9 Å². The summed E-state index contributed by atoms with van der Waals surface area (Å²) in [5.74, 6) is 2.31. The quantitative estimate of drug-likeness (QED) is 0.547. The molecule has 2 aromatic heterocycles. The average molecular weight is 352 g/mol. The van der Waals surface area contributed by atoms with Gasteiger partial charge in [0.15, 0.2) is 10.8 Å². The van der Waals surface area contributed by atoms with Crippen LogP contribution in [0.5, 0.6) is 11.5 Å². The maximum absolute atomic E-state index is 5.79. The van der Waals surface area contributed by atoms with E-state index in [1.165, 1.54) is 16.9 Å². The van der Waals surface area contributed by atoms with Crippen LogP contribution in [0.4, 0.5) is 0 Å². The van der Waals surface area contributed by atoms with Crippen molar-refractivity contribution in [3.05, 3.63) is 59.1 Å². The standard InChI is InChI=1S/C18H16N4O2S/c1-12-4-3-5-13(10-12)17-19-20-18-22(17)21-16(25-18)11-24-15-8-6-14(23-2)7-9-15/h3-10H,11H2,1-2H3. The summed E-state index contributed by atoms with van der Waals surface area (Å²) >= 11 is 1.47. The Morgan fingerprint density at radius 3 is 2.60 bits per heavy atom. The Morgan fingerprint density at radius 1 is 1.04 bits per heavy atom. The molecule has 126 valence electrons. The highest BCUT2D eigenvalue weighted by Crippen LogP contribution is 2.23. The molecule has 0 fully saturated rings. The van der Waals surface area contributed by atoms with Crippen LogP contribution in [-0.4, -0.2) is 26.9 Å².